The quantitative estimate of drug-likeness (QED) is 0.621. The second kappa shape index (κ2) is 7.09. The van der Waals surface area contributed by atoms with Gasteiger partial charge in [-0.3, -0.25) is 0 Å². The van der Waals surface area contributed by atoms with E-state index in [4.69, 9.17) is 4.74 Å². The SMILES string of the molecule is BC(C)(CC(C)(C)O)Oc1ccc2cc(-c3ccc(CC)cc3)sc2c1. The van der Waals surface area contributed by atoms with Gasteiger partial charge in [-0.2, -0.15) is 0 Å². The van der Waals surface area contributed by atoms with Crippen molar-refractivity contribution in [2.24, 2.45) is 0 Å². The minimum atomic E-state index is -0.756. The van der Waals surface area contributed by atoms with Crippen LogP contribution >= 0.6 is 11.3 Å². The highest BCUT2D eigenvalue weighted by molar-refractivity contribution is 7.22. The molecule has 0 aliphatic rings. The Kier molecular flexibility index (Phi) is 5.18. The van der Waals surface area contributed by atoms with Gasteiger partial charge >= 0.3 is 0 Å². The van der Waals surface area contributed by atoms with Crippen molar-refractivity contribution in [2.75, 3.05) is 0 Å². The first-order valence-corrected chi connectivity index (χ1v) is 10.0. The number of thiophene rings is 1. The van der Waals surface area contributed by atoms with E-state index in [0.717, 1.165) is 12.2 Å². The topological polar surface area (TPSA) is 29.5 Å². The molecule has 26 heavy (non-hydrogen) atoms. The Morgan fingerprint density at radius 3 is 2.35 bits per heavy atom. The van der Waals surface area contributed by atoms with Crippen LogP contribution < -0.4 is 4.74 Å². The molecule has 2 aromatic carbocycles. The third-order valence-electron chi connectivity index (χ3n) is 4.39. The monoisotopic (exact) mass is 366 g/mol. The molecule has 0 radical (unpaired) electrons. The number of aliphatic hydroxyl groups is 1. The van der Waals surface area contributed by atoms with Crippen molar-refractivity contribution in [1.82, 2.24) is 0 Å². The maximum Gasteiger partial charge on any atom is 0.158 e. The zero-order chi connectivity index (χ0) is 18.9. The molecule has 1 N–H and O–H groups in total. The summed E-state index contributed by atoms with van der Waals surface area (Å²) in [5.41, 5.74) is 1.43. The van der Waals surface area contributed by atoms with E-state index in [2.05, 4.69) is 49.4 Å². The van der Waals surface area contributed by atoms with E-state index >= 15 is 0 Å². The number of ether oxygens (including phenoxy) is 1. The van der Waals surface area contributed by atoms with Crippen molar-refractivity contribution >= 4 is 29.3 Å². The van der Waals surface area contributed by atoms with Gasteiger partial charge in [0.25, 0.3) is 0 Å². The van der Waals surface area contributed by atoms with Crippen LogP contribution in [0.1, 0.15) is 39.7 Å². The van der Waals surface area contributed by atoms with Crippen molar-refractivity contribution in [3.05, 3.63) is 54.1 Å². The van der Waals surface area contributed by atoms with Crippen molar-refractivity contribution in [2.45, 2.75) is 51.6 Å². The molecule has 0 saturated heterocycles. The number of hydrogen-bond acceptors (Lipinski definition) is 3. The number of rotatable bonds is 6. The van der Waals surface area contributed by atoms with Gasteiger partial charge < -0.3 is 9.84 Å². The van der Waals surface area contributed by atoms with Gasteiger partial charge in [-0.15, -0.1) is 11.3 Å². The van der Waals surface area contributed by atoms with Crippen LogP contribution in [-0.2, 0) is 6.42 Å². The summed E-state index contributed by atoms with van der Waals surface area (Å²) in [6.45, 7) is 7.83. The smallest absolute Gasteiger partial charge is 0.158 e. The molecular weight excluding hydrogens is 339 g/mol. The fourth-order valence-electron chi connectivity index (χ4n) is 3.52. The molecule has 0 saturated carbocycles. The van der Waals surface area contributed by atoms with Gasteiger partial charge in [-0.25, -0.2) is 0 Å². The van der Waals surface area contributed by atoms with Crippen LogP contribution in [0.3, 0.4) is 0 Å². The standard InChI is InChI=1S/C22H27BO2S/c1-5-15-6-8-16(9-7-15)19-12-17-10-11-18(13-20(17)26-19)25-22(4,23)14-21(2,3)24/h6-13,24H,5,14,23H2,1-4H3. The number of aryl methyl sites for hydroxylation is 1. The van der Waals surface area contributed by atoms with Crippen LogP contribution in [0.5, 0.6) is 5.75 Å². The molecule has 1 aromatic heterocycles. The lowest BCUT2D eigenvalue weighted by Gasteiger charge is -2.32. The van der Waals surface area contributed by atoms with Gasteiger partial charge in [-0.1, -0.05) is 31.2 Å². The van der Waals surface area contributed by atoms with Crippen LogP contribution in [-0.4, -0.2) is 24.1 Å². The van der Waals surface area contributed by atoms with Crippen LogP contribution in [0.25, 0.3) is 20.5 Å². The van der Waals surface area contributed by atoms with E-state index in [-0.39, 0.29) is 0 Å². The average Bonchev–Trinajstić information content (AvgIpc) is 2.95. The molecule has 0 amide bonds. The van der Waals surface area contributed by atoms with Crippen molar-refractivity contribution < 1.29 is 9.84 Å². The number of benzene rings is 2. The van der Waals surface area contributed by atoms with Gasteiger partial charge in [0.1, 0.15) is 5.75 Å². The summed E-state index contributed by atoms with van der Waals surface area (Å²) in [7, 11) is 2.02. The van der Waals surface area contributed by atoms with Crippen molar-refractivity contribution in [1.29, 1.82) is 0 Å². The predicted octanol–water partition coefficient (Wildman–Crippen LogP) is 5.02. The third kappa shape index (κ3) is 4.69. The molecule has 1 heterocycles. The lowest BCUT2D eigenvalue weighted by molar-refractivity contribution is 0.0172. The highest BCUT2D eigenvalue weighted by Gasteiger charge is 2.28. The molecular formula is C22H27BO2S. The summed E-state index contributed by atoms with van der Waals surface area (Å²) in [6, 6.07) is 17.3. The van der Waals surface area contributed by atoms with Crippen LogP contribution in [0.2, 0.25) is 0 Å². The zero-order valence-electron chi connectivity index (χ0n) is 16.3. The fraction of sp³-hybridized carbons (Fsp3) is 0.364. The van der Waals surface area contributed by atoms with Gasteiger partial charge in [0.05, 0.1) is 11.1 Å². The maximum absolute atomic E-state index is 10.1. The Hall–Kier alpha value is -1.78. The molecule has 1 unspecified atom stereocenters. The Morgan fingerprint density at radius 1 is 1.04 bits per heavy atom. The first-order valence-electron chi connectivity index (χ1n) is 9.19. The van der Waals surface area contributed by atoms with Gasteiger partial charge in [0, 0.05) is 16.0 Å². The summed E-state index contributed by atoms with van der Waals surface area (Å²) < 4.78 is 7.40. The lowest BCUT2D eigenvalue weighted by atomic mass is 9.75. The van der Waals surface area contributed by atoms with E-state index in [1.54, 1.807) is 11.3 Å². The number of hydrogen-bond donors (Lipinski definition) is 1. The first-order chi connectivity index (χ1) is 12.1. The van der Waals surface area contributed by atoms with E-state index in [1.807, 2.05) is 34.7 Å². The predicted molar refractivity (Wildman–Crippen MR) is 115 cm³/mol. The second-order valence-electron chi connectivity index (χ2n) is 8.21. The summed E-state index contributed by atoms with van der Waals surface area (Å²) in [5.74, 6) is 0.849. The van der Waals surface area contributed by atoms with E-state index in [1.165, 1.54) is 26.1 Å². The molecule has 2 nitrogen and oxygen atoms in total. The minimum absolute atomic E-state index is 0.429. The highest BCUT2D eigenvalue weighted by atomic mass is 32.1. The third-order valence-corrected chi connectivity index (χ3v) is 5.54. The molecule has 0 bridgehead atoms. The summed E-state index contributed by atoms with van der Waals surface area (Å²) in [6.07, 6.45) is 1.63. The minimum Gasteiger partial charge on any atom is -0.497 e. The van der Waals surface area contributed by atoms with E-state index < -0.39 is 11.1 Å². The molecule has 136 valence electrons. The van der Waals surface area contributed by atoms with Crippen LogP contribution in [0.15, 0.2) is 48.5 Å². The Bertz CT molecular complexity index is 889. The maximum atomic E-state index is 10.1. The molecule has 3 rings (SSSR count). The molecule has 0 fully saturated rings. The van der Waals surface area contributed by atoms with E-state index in [9.17, 15) is 5.11 Å². The summed E-state index contributed by atoms with van der Waals surface area (Å²) in [5, 5.41) is 11.3. The Morgan fingerprint density at radius 2 is 1.73 bits per heavy atom. The first kappa shape index (κ1) is 19.0. The lowest BCUT2D eigenvalue weighted by Crippen LogP contribution is -2.40. The van der Waals surface area contributed by atoms with Crippen molar-refractivity contribution in [3.8, 4) is 16.2 Å². The number of fused-ring (bicyclic) bond motifs is 1. The second-order valence-corrected chi connectivity index (χ2v) is 9.30. The Balaban J connectivity index is 1.85. The van der Waals surface area contributed by atoms with Gasteiger partial charge in [0.2, 0.25) is 0 Å². The zero-order valence-corrected chi connectivity index (χ0v) is 17.1. The molecule has 0 spiro atoms. The molecule has 0 aliphatic heterocycles. The normalized spacial score (nSPS) is 14.3. The molecule has 0 aliphatic carbocycles. The highest BCUT2D eigenvalue weighted by Crippen LogP contribution is 2.36. The summed E-state index contributed by atoms with van der Waals surface area (Å²) in [4.78, 5) is 1.27. The summed E-state index contributed by atoms with van der Waals surface area (Å²) >= 11 is 1.79. The van der Waals surface area contributed by atoms with Gasteiger partial charge in [0.15, 0.2) is 7.85 Å². The molecule has 1 atom stereocenters. The van der Waals surface area contributed by atoms with Crippen molar-refractivity contribution in [3.63, 3.8) is 0 Å². The fourth-order valence-corrected chi connectivity index (χ4v) is 4.62. The average molecular weight is 366 g/mol. The van der Waals surface area contributed by atoms with Gasteiger partial charge in [-0.05, 0) is 68.0 Å². The Labute approximate surface area is 161 Å². The van der Waals surface area contributed by atoms with Crippen LogP contribution in [0.4, 0.5) is 0 Å². The molecule has 4 heteroatoms. The molecule has 3 aromatic rings. The van der Waals surface area contributed by atoms with E-state index in [0.29, 0.717) is 6.42 Å². The van der Waals surface area contributed by atoms with Crippen LogP contribution in [0, 0.1) is 0 Å². The largest absolute Gasteiger partial charge is 0.497 e.